The molecule has 0 saturated heterocycles. The predicted molar refractivity (Wildman–Crippen MR) is 62.1 cm³/mol. The molecule has 2 rings (SSSR count). The van der Waals surface area contributed by atoms with E-state index in [0.717, 1.165) is 15.8 Å². The van der Waals surface area contributed by atoms with E-state index in [1.807, 2.05) is 25.1 Å². The number of rotatable bonds is 3. The first-order valence-corrected chi connectivity index (χ1v) is 5.65. The molecule has 0 spiro atoms. The number of nitrogens with zero attached hydrogens (tertiary/aromatic N) is 1. The Hall–Kier alpha value is -1.62. The third kappa shape index (κ3) is 1.99. The number of hydrogen-bond acceptors (Lipinski definition) is 4. The number of carboxylic acids is 1. The number of aliphatic carboxylic acids is 1. The van der Waals surface area contributed by atoms with E-state index < -0.39 is 12.1 Å². The van der Waals surface area contributed by atoms with Crippen LogP contribution in [0.4, 0.5) is 0 Å². The molecule has 16 heavy (non-hydrogen) atoms. The van der Waals surface area contributed by atoms with Crippen molar-refractivity contribution in [3.05, 3.63) is 23.8 Å². The Balaban J connectivity index is 2.33. The van der Waals surface area contributed by atoms with Gasteiger partial charge in [-0.2, -0.15) is 0 Å². The molecule has 0 radical (unpaired) electrons. The molecule has 4 nitrogen and oxygen atoms in total. The Morgan fingerprint density at radius 2 is 2.31 bits per heavy atom. The second-order valence-electron chi connectivity index (χ2n) is 3.50. The van der Waals surface area contributed by atoms with Gasteiger partial charge in [0.05, 0.1) is 10.2 Å². The minimum atomic E-state index is -0.990. The van der Waals surface area contributed by atoms with Crippen LogP contribution in [0.3, 0.4) is 0 Å². The van der Waals surface area contributed by atoms with Crippen LogP contribution in [-0.4, -0.2) is 22.2 Å². The van der Waals surface area contributed by atoms with Gasteiger partial charge in [-0.25, -0.2) is 9.78 Å². The van der Waals surface area contributed by atoms with Crippen molar-refractivity contribution in [2.45, 2.75) is 20.0 Å². The van der Waals surface area contributed by atoms with Crippen molar-refractivity contribution in [2.75, 3.05) is 0 Å². The highest BCUT2D eigenvalue weighted by Crippen LogP contribution is 2.30. The summed E-state index contributed by atoms with van der Waals surface area (Å²) in [6.07, 6.45) is -0.874. The molecule has 2 aromatic rings. The van der Waals surface area contributed by atoms with Crippen LogP contribution in [0.5, 0.6) is 5.19 Å². The first kappa shape index (κ1) is 10.9. The number of aromatic nitrogens is 1. The highest BCUT2D eigenvalue weighted by molar-refractivity contribution is 7.20. The standard InChI is InChI=1S/C11H11NO3S/c1-6-4-3-5-8-9(6)12-11(16-8)15-7(2)10(13)14/h3-5,7H,1-2H3,(H,13,14). The molecule has 0 aliphatic heterocycles. The third-order valence-electron chi connectivity index (χ3n) is 2.23. The SMILES string of the molecule is Cc1cccc2sc(OC(C)C(=O)O)nc12. The number of aryl methyl sites for hydroxylation is 1. The summed E-state index contributed by atoms with van der Waals surface area (Å²) in [4.78, 5) is 14.9. The predicted octanol–water partition coefficient (Wildman–Crippen LogP) is 2.46. The van der Waals surface area contributed by atoms with Gasteiger partial charge in [0, 0.05) is 0 Å². The van der Waals surface area contributed by atoms with Gasteiger partial charge in [0.1, 0.15) is 0 Å². The van der Waals surface area contributed by atoms with E-state index in [-0.39, 0.29) is 0 Å². The number of carboxylic acid groups (broad SMARTS) is 1. The molecule has 0 aliphatic carbocycles. The number of carbonyl (C=O) groups is 1. The molecule has 0 aliphatic rings. The summed E-state index contributed by atoms with van der Waals surface area (Å²) < 4.78 is 6.23. The summed E-state index contributed by atoms with van der Waals surface area (Å²) in [6, 6.07) is 5.85. The van der Waals surface area contributed by atoms with E-state index in [2.05, 4.69) is 4.98 Å². The van der Waals surface area contributed by atoms with Crippen molar-refractivity contribution >= 4 is 27.5 Å². The van der Waals surface area contributed by atoms with Crippen LogP contribution >= 0.6 is 11.3 Å². The largest absolute Gasteiger partial charge is 0.479 e. The molecule has 0 saturated carbocycles. The molecule has 1 aromatic carbocycles. The van der Waals surface area contributed by atoms with E-state index in [1.54, 1.807) is 0 Å². The molecule has 1 unspecified atom stereocenters. The molecule has 1 atom stereocenters. The van der Waals surface area contributed by atoms with Gasteiger partial charge >= 0.3 is 5.97 Å². The van der Waals surface area contributed by atoms with Gasteiger partial charge in [-0.15, -0.1) is 0 Å². The van der Waals surface area contributed by atoms with Gasteiger partial charge in [-0.3, -0.25) is 0 Å². The van der Waals surface area contributed by atoms with Crippen LogP contribution in [0.1, 0.15) is 12.5 Å². The Labute approximate surface area is 96.5 Å². The number of para-hydroxylation sites is 1. The molecule has 1 N–H and O–H groups in total. The van der Waals surface area contributed by atoms with Crippen molar-refractivity contribution in [2.24, 2.45) is 0 Å². The molecule has 0 amide bonds. The zero-order chi connectivity index (χ0) is 11.7. The second kappa shape index (κ2) is 4.09. The average Bonchev–Trinajstić information content (AvgIpc) is 2.61. The van der Waals surface area contributed by atoms with Gasteiger partial charge in [0.15, 0.2) is 6.10 Å². The van der Waals surface area contributed by atoms with Crippen molar-refractivity contribution in [1.82, 2.24) is 4.98 Å². The lowest BCUT2D eigenvalue weighted by Gasteiger charge is -2.05. The maximum absolute atomic E-state index is 10.6. The smallest absolute Gasteiger partial charge is 0.344 e. The molecule has 1 aromatic heterocycles. The summed E-state index contributed by atoms with van der Waals surface area (Å²) >= 11 is 1.36. The Kier molecular flexibility index (Phi) is 2.78. The number of fused-ring (bicyclic) bond motifs is 1. The maximum atomic E-state index is 10.6. The highest BCUT2D eigenvalue weighted by Gasteiger charge is 2.15. The zero-order valence-corrected chi connectivity index (χ0v) is 9.75. The number of hydrogen-bond donors (Lipinski definition) is 1. The fourth-order valence-corrected chi connectivity index (χ4v) is 2.29. The Morgan fingerprint density at radius 3 is 2.94 bits per heavy atom. The van der Waals surface area contributed by atoms with E-state index in [9.17, 15) is 4.79 Å². The molecule has 1 heterocycles. The van der Waals surface area contributed by atoms with Crippen LogP contribution in [-0.2, 0) is 4.79 Å². The van der Waals surface area contributed by atoms with Gasteiger partial charge in [0.25, 0.3) is 5.19 Å². The van der Waals surface area contributed by atoms with E-state index in [4.69, 9.17) is 9.84 Å². The summed E-state index contributed by atoms with van der Waals surface area (Å²) in [6.45, 7) is 3.45. The topological polar surface area (TPSA) is 59.4 Å². The van der Waals surface area contributed by atoms with Crippen LogP contribution in [0, 0.1) is 6.92 Å². The minimum absolute atomic E-state index is 0.402. The summed E-state index contributed by atoms with van der Waals surface area (Å²) in [5.74, 6) is -0.990. The molecule has 0 fully saturated rings. The molecular formula is C11H11NO3S. The zero-order valence-electron chi connectivity index (χ0n) is 8.93. The Bertz CT molecular complexity index is 535. The fourth-order valence-electron chi connectivity index (χ4n) is 1.32. The van der Waals surface area contributed by atoms with Crippen LogP contribution in [0.2, 0.25) is 0 Å². The number of benzene rings is 1. The molecular weight excluding hydrogens is 226 g/mol. The van der Waals surface area contributed by atoms with Crippen molar-refractivity contribution in [1.29, 1.82) is 0 Å². The van der Waals surface area contributed by atoms with Crippen LogP contribution in [0.25, 0.3) is 10.2 Å². The lowest BCUT2D eigenvalue weighted by Crippen LogP contribution is -2.22. The van der Waals surface area contributed by atoms with E-state index in [0.29, 0.717) is 5.19 Å². The van der Waals surface area contributed by atoms with E-state index in [1.165, 1.54) is 18.3 Å². The number of ether oxygens (including phenoxy) is 1. The molecule has 84 valence electrons. The van der Waals surface area contributed by atoms with Gasteiger partial charge in [0.2, 0.25) is 0 Å². The van der Waals surface area contributed by atoms with Crippen molar-refractivity contribution < 1.29 is 14.6 Å². The van der Waals surface area contributed by atoms with E-state index >= 15 is 0 Å². The van der Waals surface area contributed by atoms with Gasteiger partial charge in [-0.1, -0.05) is 23.5 Å². The lowest BCUT2D eigenvalue weighted by atomic mass is 10.2. The normalized spacial score (nSPS) is 12.6. The quantitative estimate of drug-likeness (QED) is 0.890. The van der Waals surface area contributed by atoms with Crippen LogP contribution in [0.15, 0.2) is 18.2 Å². The number of thiazole rings is 1. The van der Waals surface area contributed by atoms with Crippen molar-refractivity contribution in [3.8, 4) is 5.19 Å². The first-order valence-electron chi connectivity index (χ1n) is 4.83. The second-order valence-corrected chi connectivity index (χ2v) is 4.49. The summed E-state index contributed by atoms with van der Waals surface area (Å²) in [5.41, 5.74) is 1.94. The summed E-state index contributed by atoms with van der Waals surface area (Å²) in [7, 11) is 0. The van der Waals surface area contributed by atoms with Crippen molar-refractivity contribution in [3.63, 3.8) is 0 Å². The van der Waals surface area contributed by atoms with Crippen LogP contribution < -0.4 is 4.74 Å². The maximum Gasteiger partial charge on any atom is 0.344 e. The average molecular weight is 237 g/mol. The highest BCUT2D eigenvalue weighted by atomic mass is 32.1. The fraction of sp³-hybridized carbons (Fsp3) is 0.273. The minimum Gasteiger partial charge on any atom is -0.479 e. The summed E-state index contributed by atoms with van der Waals surface area (Å²) in [5, 5.41) is 9.13. The Morgan fingerprint density at radius 1 is 1.56 bits per heavy atom. The van der Waals surface area contributed by atoms with Gasteiger partial charge in [-0.05, 0) is 25.5 Å². The third-order valence-corrected chi connectivity index (χ3v) is 3.14. The monoisotopic (exact) mass is 237 g/mol. The van der Waals surface area contributed by atoms with Gasteiger partial charge < -0.3 is 9.84 Å². The molecule has 0 bridgehead atoms. The molecule has 5 heteroatoms. The first-order chi connectivity index (χ1) is 7.58. The lowest BCUT2D eigenvalue weighted by molar-refractivity contribution is -0.144.